The molecule has 0 amide bonds. The summed E-state index contributed by atoms with van der Waals surface area (Å²) in [6.07, 6.45) is 0.865. The first-order valence-corrected chi connectivity index (χ1v) is 7.31. The molecule has 1 atom stereocenters. The van der Waals surface area contributed by atoms with Crippen LogP contribution in [0.4, 0.5) is 0 Å². The van der Waals surface area contributed by atoms with E-state index in [1.165, 1.54) is 6.20 Å². The number of aromatic nitrogens is 3. The monoisotopic (exact) mass is 327 g/mol. The summed E-state index contributed by atoms with van der Waals surface area (Å²) >= 11 is 0. The SMILES string of the molecule is [O-][n+]1ccccc1OCc1noc(C2COc3ccccc3O2)n1. The maximum Gasteiger partial charge on any atom is 0.379 e. The number of rotatable bonds is 4. The van der Waals surface area contributed by atoms with Crippen LogP contribution in [0.5, 0.6) is 17.4 Å². The van der Waals surface area contributed by atoms with Crippen LogP contribution in [0.3, 0.4) is 0 Å². The van der Waals surface area contributed by atoms with Gasteiger partial charge in [-0.1, -0.05) is 17.3 Å². The van der Waals surface area contributed by atoms with Gasteiger partial charge in [-0.25, -0.2) is 0 Å². The van der Waals surface area contributed by atoms with E-state index in [9.17, 15) is 5.21 Å². The molecule has 4 rings (SSSR count). The van der Waals surface area contributed by atoms with Gasteiger partial charge in [-0.15, -0.1) is 4.73 Å². The van der Waals surface area contributed by atoms with E-state index in [1.807, 2.05) is 24.3 Å². The van der Waals surface area contributed by atoms with Crippen molar-refractivity contribution in [2.45, 2.75) is 12.7 Å². The summed E-state index contributed by atoms with van der Waals surface area (Å²) in [5.41, 5.74) is 0. The third-order valence-electron chi connectivity index (χ3n) is 3.41. The molecule has 0 radical (unpaired) electrons. The van der Waals surface area contributed by atoms with Crippen molar-refractivity contribution in [2.75, 3.05) is 6.61 Å². The molecule has 1 aliphatic rings. The molecule has 24 heavy (non-hydrogen) atoms. The van der Waals surface area contributed by atoms with Crippen LogP contribution in [0, 0.1) is 5.21 Å². The van der Waals surface area contributed by atoms with Crippen LogP contribution in [0.15, 0.2) is 53.2 Å². The molecule has 0 spiro atoms. The fraction of sp³-hybridized carbons (Fsp3) is 0.188. The van der Waals surface area contributed by atoms with E-state index in [0.717, 1.165) is 0 Å². The van der Waals surface area contributed by atoms with E-state index >= 15 is 0 Å². The molecule has 8 heteroatoms. The predicted molar refractivity (Wildman–Crippen MR) is 79.3 cm³/mol. The molecule has 1 aromatic carbocycles. The van der Waals surface area contributed by atoms with Crippen molar-refractivity contribution in [2.24, 2.45) is 0 Å². The molecular formula is C16H13N3O5. The Labute approximate surface area is 136 Å². The highest BCUT2D eigenvalue weighted by Crippen LogP contribution is 2.35. The number of hydrogen-bond acceptors (Lipinski definition) is 7. The highest BCUT2D eigenvalue weighted by atomic mass is 16.6. The molecule has 0 fully saturated rings. The Balaban J connectivity index is 1.43. The number of hydrogen-bond donors (Lipinski definition) is 0. The van der Waals surface area contributed by atoms with E-state index < -0.39 is 6.10 Å². The molecule has 0 aliphatic carbocycles. The fourth-order valence-electron chi connectivity index (χ4n) is 2.26. The number of ether oxygens (including phenoxy) is 3. The van der Waals surface area contributed by atoms with Crippen molar-refractivity contribution in [3.05, 3.63) is 65.6 Å². The highest BCUT2D eigenvalue weighted by Gasteiger charge is 2.27. The smallest absolute Gasteiger partial charge is 0.379 e. The molecule has 8 nitrogen and oxygen atoms in total. The summed E-state index contributed by atoms with van der Waals surface area (Å²) in [4.78, 5) is 4.23. The lowest BCUT2D eigenvalue weighted by molar-refractivity contribution is -0.613. The van der Waals surface area contributed by atoms with Gasteiger partial charge in [0, 0.05) is 6.07 Å². The van der Waals surface area contributed by atoms with Gasteiger partial charge in [-0.3, -0.25) is 0 Å². The Morgan fingerprint density at radius 1 is 1.17 bits per heavy atom. The maximum absolute atomic E-state index is 11.5. The van der Waals surface area contributed by atoms with Gasteiger partial charge in [0.1, 0.15) is 6.61 Å². The van der Waals surface area contributed by atoms with Crippen LogP contribution in [0.25, 0.3) is 0 Å². The van der Waals surface area contributed by atoms with Gasteiger partial charge in [0.2, 0.25) is 11.9 Å². The Morgan fingerprint density at radius 3 is 2.88 bits per heavy atom. The van der Waals surface area contributed by atoms with E-state index in [4.69, 9.17) is 18.7 Å². The lowest BCUT2D eigenvalue weighted by atomic mass is 10.2. The average Bonchev–Trinajstić information content (AvgIpc) is 3.10. The van der Waals surface area contributed by atoms with E-state index in [-0.39, 0.29) is 19.1 Å². The lowest BCUT2D eigenvalue weighted by Gasteiger charge is -2.23. The second-order valence-electron chi connectivity index (χ2n) is 5.07. The first-order valence-electron chi connectivity index (χ1n) is 7.31. The van der Waals surface area contributed by atoms with Crippen molar-refractivity contribution in [3.8, 4) is 17.4 Å². The minimum Gasteiger partial charge on any atom is -0.616 e. The zero-order valence-corrected chi connectivity index (χ0v) is 12.5. The minimum atomic E-state index is -0.484. The molecule has 0 N–H and O–H groups in total. The molecule has 2 aromatic heterocycles. The summed E-state index contributed by atoms with van der Waals surface area (Å²) in [6.45, 7) is 0.290. The van der Waals surface area contributed by atoms with Crippen molar-refractivity contribution >= 4 is 0 Å². The first kappa shape index (κ1) is 14.3. The van der Waals surface area contributed by atoms with Crippen LogP contribution >= 0.6 is 0 Å². The van der Waals surface area contributed by atoms with Crippen LogP contribution in [-0.4, -0.2) is 16.7 Å². The van der Waals surface area contributed by atoms with Crippen molar-refractivity contribution < 1.29 is 23.5 Å². The van der Waals surface area contributed by atoms with E-state index in [1.54, 1.807) is 18.2 Å². The van der Waals surface area contributed by atoms with Gasteiger partial charge in [0.15, 0.2) is 24.3 Å². The maximum atomic E-state index is 11.5. The predicted octanol–water partition coefficient (Wildman–Crippen LogP) is 1.79. The third kappa shape index (κ3) is 2.81. The number of benzene rings is 1. The van der Waals surface area contributed by atoms with Gasteiger partial charge in [-0.2, -0.15) is 4.98 Å². The summed E-state index contributed by atoms with van der Waals surface area (Å²) in [7, 11) is 0. The Kier molecular flexibility index (Phi) is 3.62. The summed E-state index contributed by atoms with van der Waals surface area (Å²) in [5.74, 6) is 2.08. The zero-order valence-electron chi connectivity index (χ0n) is 12.5. The molecule has 122 valence electrons. The Morgan fingerprint density at radius 2 is 2.00 bits per heavy atom. The summed E-state index contributed by atoms with van der Waals surface area (Å²) in [6, 6.07) is 12.2. The second kappa shape index (κ2) is 6.07. The van der Waals surface area contributed by atoms with Gasteiger partial charge in [0.05, 0.1) is 6.07 Å². The number of pyridine rings is 1. The van der Waals surface area contributed by atoms with Crippen molar-refractivity contribution in [3.63, 3.8) is 0 Å². The third-order valence-corrected chi connectivity index (χ3v) is 3.41. The molecule has 0 saturated carbocycles. The average molecular weight is 327 g/mol. The zero-order chi connectivity index (χ0) is 16.4. The molecular weight excluding hydrogens is 314 g/mol. The number of fused-ring (bicyclic) bond motifs is 1. The molecule has 1 unspecified atom stereocenters. The van der Waals surface area contributed by atoms with Crippen molar-refractivity contribution in [1.29, 1.82) is 0 Å². The molecule has 3 heterocycles. The summed E-state index contributed by atoms with van der Waals surface area (Å²) < 4.78 is 22.6. The molecule has 3 aromatic rings. The van der Waals surface area contributed by atoms with Gasteiger partial charge in [-0.05, 0) is 18.2 Å². The van der Waals surface area contributed by atoms with Crippen LogP contribution in [0.2, 0.25) is 0 Å². The largest absolute Gasteiger partial charge is 0.616 e. The first-order chi connectivity index (χ1) is 11.8. The second-order valence-corrected chi connectivity index (χ2v) is 5.07. The van der Waals surface area contributed by atoms with Gasteiger partial charge in [0.25, 0.3) is 5.89 Å². The molecule has 0 bridgehead atoms. The quantitative estimate of drug-likeness (QED) is 0.532. The lowest BCUT2D eigenvalue weighted by Crippen LogP contribution is -2.27. The van der Waals surface area contributed by atoms with Crippen LogP contribution in [-0.2, 0) is 6.61 Å². The number of nitrogens with zero attached hydrogens (tertiary/aromatic N) is 3. The Hall–Kier alpha value is -3.29. The minimum absolute atomic E-state index is 0.0138. The van der Waals surface area contributed by atoms with Gasteiger partial charge >= 0.3 is 5.88 Å². The van der Waals surface area contributed by atoms with Crippen LogP contribution in [0.1, 0.15) is 17.8 Å². The summed E-state index contributed by atoms with van der Waals surface area (Å²) in [5, 5.41) is 15.3. The normalized spacial score (nSPS) is 15.9. The Bertz CT molecular complexity index is 851. The highest BCUT2D eigenvalue weighted by molar-refractivity contribution is 5.40. The van der Waals surface area contributed by atoms with E-state index in [0.29, 0.717) is 27.9 Å². The molecule has 0 saturated heterocycles. The molecule has 1 aliphatic heterocycles. The van der Waals surface area contributed by atoms with E-state index in [2.05, 4.69) is 10.1 Å². The fourth-order valence-corrected chi connectivity index (χ4v) is 2.26. The number of para-hydroxylation sites is 2. The van der Waals surface area contributed by atoms with Gasteiger partial charge < -0.3 is 23.9 Å². The topological polar surface area (TPSA) is 93.6 Å². The van der Waals surface area contributed by atoms with Crippen LogP contribution < -0.4 is 18.9 Å². The standard InChI is InChI=1S/C16H13N3O5/c20-19-8-4-3-7-15(19)22-10-14-17-16(24-18-14)13-9-21-11-5-1-2-6-12(11)23-13/h1-8,13H,9-10H2. The van der Waals surface area contributed by atoms with Crippen molar-refractivity contribution in [1.82, 2.24) is 10.1 Å².